The van der Waals surface area contributed by atoms with Crippen molar-refractivity contribution in [3.63, 3.8) is 0 Å². The van der Waals surface area contributed by atoms with Gasteiger partial charge < -0.3 is 14.7 Å². The molecule has 4 nitrogen and oxygen atoms in total. The predicted molar refractivity (Wildman–Crippen MR) is 78.7 cm³/mol. The Hall–Kier alpha value is -1.85. The van der Waals surface area contributed by atoms with E-state index >= 15 is 0 Å². The summed E-state index contributed by atoms with van der Waals surface area (Å²) in [5, 5.41) is 14.1. The second-order valence-corrected chi connectivity index (χ2v) is 5.29. The number of ether oxygens (including phenoxy) is 1. The number of methoxy groups -OCH3 is 1. The summed E-state index contributed by atoms with van der Waals surface area (Å²) < 4.78 is 5.10. The standard InChI is InChI=1S/C15H17NO3S/c1-16(9-11-6-7-20-10-11)15(18)14(17)12-4-3-5-13(8-12)19-2/h3-8,10,14,17H,9H2,1-2H3. The molecule has 2 rings (SSSR count). The molecule has 0 spiro atoms. The van der Waals surface area contributed by atoms with E-state index in [9.17, 15) is 9.90 Å². The van der Waals surface area contributed by atoms with Crippen LogP contribution >= 0.6 is 11.3 Å². The van der Waals surface area contributed by atoms with Crippen molar-refractivity contribution in [3.8, 4) is 5.75 Å². The average Bonchev–Trinajstić information content (AvgIpc) is 2.98. The highest BCUT2D eigenvalue weighted by molar-refractivity contribution is 7.07. The third-order valence-electron chi connectivity index (χ3n) is 3.02. The molecule has 106 valence electrons. The highest BCUT2D eigenvalue weighted by atomic mass is 32.1. The van der Waals surface area contributed by atoms with E-state index in [-0.39, 0.29) is 5.91 Å². The Bertz CT molecular complexity index is 568. The molecule has 1 amide bonds. The van der Waals surface area contributed by atoms with Gasteiger partial charge in [-0.2, -0.15) is 11.3 Å². The van der Waals surface area contributed by atoms with Gasteiger partial charge in [0.25, 0.3) is 5.91 Å². The van der Waals surface area contributed by atoms with Crippen LogP contribution in [0, 0.1) is 0 Å². The smallest absolute Gasteiger partial charge is 0.256 e. The lowest BCUT2D eigenvalue weighted by Gasteiger charge is -2.20. The summed E-state index contributed by atoms with van der Waals surface area (Å²) in [6.07, 6.45) is -1.17. The average molecular weight is 291 g/mol. The highest BCUT2D eigenvalue weighted by Gasteiger charge is 2.21. The number of amides is 1. The summed E-state index contributed by atoms with van der Waals surface area (Å²) in [6, 6.07) is 8.87. The minimum atomic E-state index is -1.17. The van der Waals surface area contributed by atoms with Gasteiger partial charge in [0, 0.05) is 13.6 Å². The number of nitrogens with zero attached hydrogens (tertiary/aromatic N) is 1. The first-order valence-corrected chi connectivity index (χ1v) is 7.14. The van der Waals surface area contributed by atoms with Crippen molar-refractivity contribution >= 4 is 17.2 Å². The van der Waals surface area contributed by atoms with Crippen LogP contribution in [0.15, 0.2) is 41.1 Å². The van der Waals surface area contributed by atoms with Gasteiger partial charge in [-0.05, 0) is 40.1 Å². The molecule has 1 aromatic carbocycles. The maximum Gasteiger partial charge on any atom is 0.256 e. The van der Waals surface area contributed by atoms with Crippen molar-refractivity contribution in [2.45, 2.75) is 12.6 Å². The zero-order valence-electron chi connectivity index (χ0n) is 11.4. The van der Waals surface area contributed by atoms with Crippen LogP contribution in [0.2, 0.25) is 0 Å². The summed E-state index contributed by atoms with van der Waals surface area (Å²) in [7, 11) is 3.24. The molecule has 0 saturated heterocycles. The fourth-order valence-corrected chi connectivity index (χ4v) is 2.56. The SMILES string of the molecule is COc1cccc(C(O)C(=O)N(C)Cc2ccsc2)c1. The maximum absolute atomic E-state index is 12.2. The summed E-state index contributed by atoms with van der Waals surface area (Å²) in [6.45, 7) is 0.489. The summed E-state index contributed by atoms with van der Waals surface area (Å²) in [5.41, 5.74) is 1.59. The number of rotatable bonds is 5. The van der Waals surface area contributed by atoms with Crippen molar-refractivity contribution in [2.24, 2.45) is 0 Å². The summed E-state index contributed by atoms with van der Waals surface area (Å²) >= 11 is 1.59. The van der Waals surface area contributed by atoms with Gasteiger partial charge in [0.1, 0.15) is 5.75 Å². The molecule has 20 heavy (non-hydrogen) atoms. The molecule has 0 aliphatic carbocycles. The number of aliphatic hydroxyl groups excluding tert-OH is 1. The van der Waals surface area contributed by atoms with Gasteiger partial charge in [-0.1, -0.05) is 12.1 Å². The van der Waals surface area contributed by atoms with Crippen LogP contribution in [-0.2, 0) is 11.3 Å². The molecule has 0 saturated carbocycles. The van der Waals surface area contributed by atoms with Crippen molar-refractivity contribution in [3.05, 3.63) is 52.2 Å². The minimum Gasteiger partial charge on any atom is -0.497 e. The molecule has 1 N–H and O–H groups in total. The van der Waals surface area contributed by atoms with Gasteiger partial charge in [0.2, 0.25) is 0 Å². The molecule has 1 atom stereocenters. The van der Waals surface area contributed by atoms with Crippen molar-refractivity contribution in [2.75, 3.05) is 14.2 Å². The Morgan fingerprint density at radius 3 is 2.90 bits per heavy atom. The van der Waals surface area contributed by atoms with Crippen LogP contribution in [-0.4, -0.2) is 30.1 Å². The second kappa shape index (κ2) is 6.54. The van der Waals surface area contributed by atoms with Gasteiger partial charge in [-0.15, -0.1) is 0 Å². The van der Waals surface area contributed by atoms with E-state index in [1.54, 1.807) is 49.8 Å². The van der Waals surface area contributed by atoms with Gasteiger partial charge in [-0.3, -0.25) is 4.79 Å². The number of likely N-dealkylation sites (N-methyl/N-ethyl adjacent to an activating group) is 1. The molecule has 1 unspecified atom stereocenters. The van der Waals surface area contributed by atoms with Crippen LogP contribution in [0.4, 0.5) is 0 Å². The van der Waals surface area contributed by atoms with Crippen LogP contribution in [0.3, 0.4) is 0 Å². The topological polar surface area (TPSA) is 49.8 Å². The first-order chi connectivity index (χ1) is 9.61. The molecule has 5 heteroatoms. The van der Waals surface area contributed by atoms with Gasteiger partial charge >= 0.3 is 0 Å². The van der Waals surface area contributed by atoms with Crippen LogP contribution < -0.4 is 4.74 Å². The second-order valence-electron chi connectivity index (χ2n) is 4.51. The number of thiophene rings is 1. The molecule has 0 aliphatic heterocycles. The van der Waals surface area contributed by atoms with E-state index in [2.05, 4.69) is 0 Å². The Morgan fingerprint density at radius 1 is 1.45 bits per heavy atom. The fourth-order valence-electron chi connectivity index (χ4n) is 1.90. The molecular weight excluding hydrogens is 274 g/mol. The lowest BCUT2D eigenvalue weighted by molar-refractivity contribution is -0.139. The van der Waals surface area contributed by atoms with Gasteiger partial charge in [0.15, 0.2) is 6.10 Å². The largest absolute Gasteiger partial charge is 0.497 e. The zero-order chi connectivity index (χ0) is 14.5. The Balaban J connectivity index is 2.07. The Morgan fingerprint density at radius 2 is 2.25 bits per heavy atom. The van der Waals surface area contributed by atoms with Crippen molar-refractivity contribution in [1.29, 1.82) is 0 Å². The van der Waals surface area contributed by atoms with Crippen LogP contribution in [0.1, 0.15) is 17.2 Å². The third-order valence-corrected chi connectivity index (χ3v) is 3.75. The Labute approximate surface area is 122 Å². The number of benzene rings is 1. The number of hydrogen-bond acceptors (Lipinski definition) is 4. The highest BCUT2D eigenvalue weighted by Crippen LogP contribution is 2.21. The fraction of sp³-hybridized carbons (Fsp3) is 0.267. The molecular formula is C15H17NO3S. The van der Waals surface area contributed by atoms with Crippen molar-refractivity contribution < 1.29 is 14.6 Å². The normalized spacial score (nSPS) is 11.9. The minimum absolute atomic E-state index is 0.329. The molecule has 0 radical (unpaired) electrons. The maximum atomic E-state index is 12.2. The lowest BCUT2D eigenvalue weighted by atomic mass is 10.1. The molecule has 0 fully saturated rings. The number of hydrogen-bond donors (Lipinski definition) is 1. The molecule has 2 aromatic rings. The van der Waals surface area contributed by atoms with E-state index in [0.29, 0.717) is 17.9 Å². The van der Waals surface area contributed by atoms with E-state index < -0.39 is 6.10 Å². The molecule has 1 heterocycles. The summed E-state index contributed by atoms with van der Waals surface area (Å²) in [5.74, 6) is 0.291. The third kappa shape index (κ3) is 3.37. The number of carbonyl (C=O) groups is 1. The molecule has 0 aliphatic rings. The molecule has 1 aromatic heterocycles. The van der Waals surface area contributed by atoms with E-state index in [1.807, 2.05) is 16.8 Å². The quantitative estimate of drug-likeness (QED) is 0.920. The lowest BCUT2D eigenvalue weighted by Crippen LogP contribution is -2.31. The Kier molecular flexibility index (Phi) is 4.76. The van der Waals surface area contributed by atoms with Crippen molar-refractivity contribution in [1.82, 2.24) is 4.90 Å². The molecule has 0 bridgehead atoms. The van der Waals surface area contributed by atoms with Crippen LogP contribution in [0.25, 0.3) is 0 Å². The van der Waals surface area contributed by atoms with E-state index in [1.165, 1.54) is 4.90 Å². The first kappa shape index (κ1) is 14.6. The predicted octanol–water partition coefficient (Wildman–Crippen LogP) is 2.45. The zero-order valence-corrected chi connectivity index (χ0v) is 12.3. The van der Waals surface area contributed by atoms with E-state index in [0.717, 1.165) is 5.56 Å². The van der Waals surface area contributed by atoms with Gasteiger partial charge in [-0.25, -0.2) is 0 Å². The number of carbonyl (C=O) groups excluding carboxylic acids is 1. The monoisotopic (exact) mass is 291 g/mol. The van der Waals surface area contributed by atoms with Gasteiger partial charge in [0.05, 0.1) is 7.11 Å². The number of aliphatic hydroxyl groups is 1. The van der Waals surface area contributed by atoms with E-state index in [4.69, 9.17) is 4.74 Å². The first-order valence-electron chi connectivity index (χ1n) is 6.20. The summed E-state index contributed by atoms with van der Waals surface area (Å²) in [4.78, 5) is 13.7. The van der Waals surface area contributed by atoms with Crippen LogP contribution in [0.5, 0.6) is 5.75 Å².